The molecule has 0 spiro atoms. The first-order chi connectivity index (χ1) is 12.4. The van der Waals surface area contributed by atoms with Crippen LogP contribution in [0, 0.1) is 25.6 Å². The minimum Gasteiger partial charge on any atom is -0.337 e. The lowest BCUT2D eigenvalue weighted by molar-refractivity contribution is 0.0588. The van der Waals surface area contributed by atoms with Gasteiger partial charge >= 0.3 is 0 Å². The number of carbonyl (C=O) groups excluding carboxylic acids is 1. The largest absolute Gasteiger partial charge is 0.337 e. The van der Waals surface area contributed by atoms with Gasteiger partial charge in [0.15, 0.2) is 0 Å². The Kier molecular flexibility index (Phi) is 4.42. The molecule has 0 saturated carbocycles. The summed E-state index contributed by atoms with van der Waals surface area (Å²) in [4.78, 5) is 26.0. The van der Waals surface area contributed by atoms with Gasteiger partial charge in [-0.25, -0.2) is 14.4 Å². The predicted octanol–water partition coefficient (Wildman–Crippen LogP) is 3.35. The minimum absolute atomic E-state index is 0.136. The summed E-state index contributed by atoms with van der Waals surface area (Å²) in [6, 6.07) is 6.40. The standard InChI is InChI=1S/C19H20BrFN4O/c1-11-7-12(2)23-19(22-11)25-9-13-5-6-24(10-17(13)25)18(26)15-8-14(21)3-4-16(15)20/h3-4,7-8,13,17H,5-6,9-10H2,1-2H3. The Morgan fingerprint density at radius 2 is 1.92 bits per heavy atom. The maximum absolute atomic E-state index is 13.6. The van der Waals surface area contributed by atoms with E-state index in [2.05, 4.69) is 30.8 Å². The molecule has 2 aromatic rings. The summed E-state index contributed by atoms with van der Waals surface area (Å²) < 4.78 is 14.2. The Bertz CT molecular complexity index is 854. The molecule has 136 valence electrons. The molecule has 26 heavy (non-hydrogen) atoms. The van der Waals surface area contributed by atoms with Crippen molar-refractivity contribution in [3.63, 3.8) is 0 Å². The van der Waals surface area contributed by atoms with E-state index in [1.54, 1.807) is 6.07 Å². The molecule has 1 aromatic carbocycles. The molecule has 2 fully saturated rings. The molecule has 2 saturated heterocycles. The van der Waals surface area contributed by atoms with Gasteiger partial charge in [-0.1, -0.05) is 0 Å². The number of hydrogen-bond donors (Lipinski definition) is 0. The Morgan fingerprint density at radius 3 is 2.65 bits per heavy atom. The average molecular weight is 419 g/mol. The number of amides is 1. The number of likely N-dealkylation sites (tertiary alicyclic amines) is 1. The smallest absolute Gasteiger partial charge is 0.255 e. The van der Waals surface area contributed by atoms with Crippen LogP contribution in [-0.2, 0) is 0 Å². The molecule has 7 heteroatoms. The molecule has 1 amide bonds. The lowest BCUT2D eigenvalue weighted by Crippen LogP contribution is -2.65. The van der Waals surface area contributed by atoms with E-state index in [9.17, 15) is 9.18 Å². The molecule has 0 N–H and O–H groups in total. The van der Waals surface area contributed by atoms with Crippen LogP contribution < -0.4 is 4.90 Å². The highest BCUT2D eigenvalue weighted by Gasteiger charge is 2.45. The number of carbonyl (C=O) groups is 1. The van der Waals surface area contributed by atoms with E-state index >= 15 is 0 Å². The first-order valence-electron chi connectivity index (χ1n) is 8.75. The topological polar surface area (TPSA) is 49.3 Å². The molecule has 2 atom stereocenters. The van der Waals surface area contributed by atoms with Crippen molar-refractivity contribution >= 4 is 27.8 Å². The summed E-state index contributed by atoms with van der Waals surface area (Å²) in [5, 5.41) is 0. The third-order valence-electron chi connectivity index (χ3n) is 5.23. The van der Waals surface area contributed by atoms with Gasteiger partial charge in [0.1, 0.15) is 5.82 Å². The number of nitrogens with zero attached hydrogens (tertiary/aromatic N) is 4. The molecule has 0 bridgehead atoms. The first kappa shape index (κ1) is 17.4. The van der Waals surface area contributed by atoms with Gasteiger partial charge in [-0.05, 0) is 60.5 Å². The van der Waals surface area contributed by atoms with E-state index in [4.69, 9.17) is 0 Å². The number of anilines is 1. The Morgan fingerprint density at radius 1 is 1.19 bits per heavy atom. The zero-order valence-corrected chi connectivity index (χ0v) is 16.3. The normalized spacial score (nSPS) is 22.0. The van der Waals surface area contributed by atoms with Gasteiger partial charge in [-0.15, -0.1) is 0 Å². The molecule has 2 aliphatic rings. The molecule has 0 radical (unpaired) electrons. The average Bonchev–Trinajstić information content (AvgIpc) is 2.57. The number of rotatable bonds is 2. The van der Waals surface area contributed by atoms with Crippen LogP contribution >= 0.6 is 15.9 Å². The van der Waals surface area contributed by atoms with Crippen molar-refractivity contribution in [2.24, 2.45) is 5.92 Å². The van der Waals surface area contributed by atoms with Gasteiger partial charge in [-0.2, -0.15) is 0 Å². The van der Waals surface area contributed by atoms with E-state index in [1.165, 1.54) is 12.1 Å². The second-order valence-corrected chi connectivity index (χ2v) is 7.95. The monoisotopic (exact) mass is 418 g/mol. The van der Waals surface area contributed by atoms with Crippen molar-refractivity contribution in [3.8, 4) is 0 Å². The number of piperidine rings is 1. The number of hydrogen-bond acceptors (Lipinski definition) is 4. The first-order valence-corrected chi connectivity index (χ1v) is 9.55. The van der Waals surface area contributed by atoms with Gasteiger partial charge in [-0.3, -0.25) is 4.79 Å². The molecule has 1 aromatic heterocycles. The Labute approximate surface area is 160 Å². The van der Waals surface area contributed by atoms with Crippen molar-refractivity contribution in [2.45, 2.75) is 26.3 Å². The molecule has 0 aliphatic carbocycles. The zero-order valence-electron chi connectivity index (χ0n) is 14.7. The second kappa shape index (κ2) is 6.61. The highest BCUT2D eigenvalue weighted by Crippen LogP contribution is 2.35. The lowest BCUT2D eigenvalue weighted by Gasteiger charge is -2.53. The van der Waals surface area contributed by atoms with E-state index < -0.39 is 5.82 Å². The van der Waals surface area contributed by atoms with Crippen LogP contribution in [0.3, 0.4) is 0 Å². The minimum atomic E-state index is -0.402. The van der Waals surface area contributed by atoms with Crippen molar-refractivity contribution < 1.29 is 9.18 Å². The van der Waals surface area contributed by atoms with Crippen LogP contribution in [-0.4, -0.2) is 46.5 Å². The Hall–Kier alpha value is -2.02. The predicted molar refractivity (Wildman–Crippen MR) is 101 cm³/mol. The summed E-state index contributed by atoms with van der Waals surface area (Å²) in [7, 11) is 0. The van der Waals surface area contributed by atoms with Crippen molar-refractivity contribution in [1.82, 2.24) is 14.9 Å². The van der Waals surface area contributed by atoms with Crippen LogP contribution in [0.1, 0.15) is 28.2 Å². The number of aromatic nitrogens is 2. The van der Waals surface area contributed by atoms with Crippen LogP contribution in [0.25, 0.3) is 0 Å². The molecule has 2 aliphatic heterocycles. The maximum atomic E-state index is 13.6. The third-order valence-corrected chi connectivity index (χ3v) is 5.92. The van der Waals surface area contributed by atoms with Gasteiger partial charge in [0, 0.05) is 41.4 Å². The maximum Gasteiger partial charge on any atom is 0.255 e. The Balaban J connectivity index is 1.53. The van der Waals surface area contributed by atoms with Crippen LogP contribution in [0.2, 0.25) is 0 Å². The summed E-state index contributed by atoms with van der Waals surface area (Å²) >= 11 is 3.36. The summed E-state index contributed by atoms with van der Waals surface area (Å²) in [6.45, 7) is 6.17. The molecule has 3 heterocycles. The van der Waals surface area contributed by atoms with Crippen molar-refractivity contribution in [2.75, 3.05) is 24.5 Å². The number of aryl methyl sites for hydroxylation is 2. The van der Waals surface area contributed by atoms with E-state index in [-0.39, 0.29) is 11.9 Å². The molecule has 2 unspecified atom stereocenters. The van der Waals surface area contributed by atoms with Gasteiger partial charge in [0.2, 0.25) is 5.95 Å². The molecule has 5 nitrogen and oxygen atoms in total. The summed E-state index contributed by atoms with van der Waals surface area (Å²) in [5.74, 6) is 0.757. The fourth-order valence-corrected chi connectivity index (χ4v) is 4.29. The van der Waals surface area contributed by atoms with E-state index in [0.29, 0.717) is 29.0 Å². The fraction of sp³-hybridized carbons (Fsp3) is 0.421. The number of fused-ring (bicyclic) bond motifs is 1. The second-order valence-electron chi connectivity index (χ2n) is 7.09. The van der Waals surface area contributed by atoms with Crippen LogP contribution in [0.15, 0.2) is 28.7 Å². The molecular formula is C19H20BrFN4O. The summed E-state index contributed by atoms with van der Waals surface area (Å²) in [6.07, 6.45) is 0.949. The highest BCUT2D eigenvalue weighted by atomic mass is 79.9. The molecule has 4 rings (SSSR count). The third kappa shape index (κ3) is 3.09. The number of halogens is 2. The quantitative estimate of drug-likeness (QED) is 0.750. The van der Waals surface area contributed by atoms with E-state index in [0.717, 1.165) is 30.3 Å². The van der Waals surface area contributed by atoms with Crippen molar-refractivity contribution in [3.05, 3.63) is 51.5 Å². The van der Waals surface area contributed by atoms with Gasteiger partial charge < -0.3 is 9.80 Å². The lowest BCUT2D eigenvalue weighted by atomic mass is 9.82. The number of benzene rings is 1. The zero-order chi connectivity index (χ0) is 18.4. The highest BCUT2D eigenvalue weighted by molar-refractivity contribution is 9.10. The summed E-state index contributed by atoms with van der Waals surface area (Å²) in [5.41, 5.74) is 2.27. The SMILES string of the molecule is Cc1cc(C)nc(N2CC3CCN(C(=O)c4cc(F)ccc4Br)CC32)n1. The van der Waals surface area contributed by atoms with Gasteiger partial charge in [0.05, 0.1) is 11.6 Å². The van der Waals surface area contributed by atoms with E-state index in [1.807, 2.05) is 24.8 Å². The molecular weight excluding hydrogens is 399 g/mol. The van der Waals surface area contributed by atoms with Crippen LogP contribution in [0.4, 0.5) is 10.3 Å². The van der Waals surface area contributed by atoms with Gasteiger partial charge in [0.25, 0.3) is 5.91 Å². The van der Waals surface area contributed by atoms with Crippen molar-refractivity contribution in [1.29, 1.82) is 0 Å². The van der Waals surface area contributed by atoms with Crippen LogP contribution in [0.5, 0.6) is 0 Å². The fourth-order valence-electron chi connectivity index (χ4n) is 3.88.